The van der Waals surface area contributed by atoms with Gasteiger partial charge < -0.3 is 9.42 Å². The highest BCUT2D eigenvalue weighted by atomic mass is 32.1. The van der Waals surface area contributed by atoms with Crippen LogP contribution in [0.15, 0.2) is 40.2 Å². The molecule has 4 heterocycles. The van der Waals surface area contributed by atoms with Gasteiger partial charge in [0.25, 0.3) is 0 Å². The molecule has 0 radical (unpaired) electrons. The molecule has 1 aliphatic rings. The van der Waals surface area contributed by atoms with Gasteiger partial charge in [0.1, 0.15) is 5.76 Å². The molecule has 0 unspecified atom stereocenters. The monoisotopic (exact) mass is 381 g/mol. The number of aromatic nitrogens is 2. The summed E-state index contributed by atoms with van der Waals surface area (Å²) in [5.74, 6) is 1.62. The SMILES string of the molecule is Cc1cc(-n2c(C)cc(/C=C/C(=O)N3CCC[C@@H]3c3cccs3)c2C)no1. The minimum absolute atomic E-state index is 0.0768. The van der Waals surface area contributed by atoms with E-state index in [2.05, 4.69) is 28.7 Å². The molecule has 0 spiro atoms. The Morgan fingerprint density at radius 2 is 2.19 bits per heavy atom. The third kappa shape index (κ3) is 3.37. The molecule has 0 N–H and O–H groups in total. The van der Waals surface area contributed by atoms with Crippen LogP contribution in [0.4, 0.5) is 0 Å². The Hall–Kier alpha value is -2.60. The molecule has 3 aromatic heterocycles. The van der Waals surface area contributed by atoms with Crippen molar-refractivity contribution in [2.24, 2.45) is 0 Å². The number of nitrogens with zero attached hydrogens (tertiary/aromatic N) is 3. The molecule has 4 rings (SSSR count). The van der Waals surface area contributed by atoms with E-state index in [0.29, 0.717) is 0 Å². The summed E-state index contributed by atoms with van der Waals surface area (Å²) in [5, 5.41) is 6.18. The Morgan fingerprint density at radius 3 is 2.89 bits per heavy atom. The van der Waals surface area contributed by atoms with Crippen LogP contribution >= 0.6 is 11.3 Å². The van der Waals surface area contributed by atoms with Crippen molar-refractivity contribution in [2.75, 3.05) is 6.54 Å². The van der Waals surface area contributed by atoms with Crippen molar-refractivity contribution in [3.63, 3.8) is 0 Å². The van der Waals surface area contributed by atoms with E-state index in [4.69, 9.17) is 4.52 Å². The fraction of sp³-hybridized carbons (Fsp3) is 0.333. The van der Waals surface area contributed by atoms with Gasteiger partial charge in [-0.3, -0.25) is 9.36 Å². The van der Waals surface area contributed by atoms with E-state index in [9.17, 15) is 4.79 Å². The van der Waals surface area contributed by atoms with Crippen molar-refractivity contribution in [1.29, 1.82) is 0 Å². The summed E-state index contributed by atoms with van der Waals surface area (Å²) in [5.41, 5.74) is 3.12. The standard InChI is InChI=1S/C21H23N3O2S/c1-14-12-17(16(3)24(14)20-13-15(2)26-22-20)8-9-21(25)23-10-4-6-18(23)19-7-5-11-27-19/h5,7-9,11-13,18H,4,6,10H2,1-3H3/b9-8+/t18-/m1/s1. The van der Waals surface area contributed by atoms with Crippen LogP contribution in [0.2, 0.25) is 0 Å². The first kappa shape index (κ1) is 17.8. The quantitative estimate of drug-likeness (QED) is 0.608. The summed E-state index contributed by atoms with van der Waals surface area (Å²) >= 11 is 1.73. The largest absolute Gasteiger partial charge is 0.360 e. The Labute approximate surface area is 162 Å². The summed E-state index contributed by atoms with van der Waals surface area (Å²) in [4.78, 5) is 16.1. The second kappa shape index (κ2) is 7.19. The maximum Gasteiger partial charge on any atom is 0.247 e. The van der Waals surface area contributed by atoms with Crippen LogP contribution in [0.1, 0.15) is 46.5 Å². The summed E-state index contributed by atoms with van der Waals surface area (Å²) in [6.45, 7) is 6.77. The van der Waals surface area contributed by atoms with Crippen LogP contribution < -0.4 is 0 Å². The summed E-state index contributed by atoms with van der Waals surface area (Å²) < 4.78 is 7.25. The van der Waals surface area contributed by atoms with Crippen molar-refractivity contribution in [3.05, 3.63) is 63.3 Å². The number of thiophene rings is 1. The first-order valence-corrected chi connectivity index (χ1v) is 10.1. The van der Waals surface area contributed by atoms with Crippen LogP contribution in [0, 0.1) is 20.8 Å². The highest BCUT2D eigenvalue weighted by Crippen LogP contribution is 2.34. The zero-order chi connectivity index (χ0) is 19.0. The maximum atomic E-state index is 12.8. The molecule has 3 aromatic rings. The second-order valence-electron chi connectivity index (χ2n) is 7.00. The van der Waals surface area contributed by atoms with Crippen LogP contribution in [0.3, 0.4) is 0 Å². The number of carbonyl (C=O) groups excluding carboxylic acids is 1. The lowest BCUT2D eigenvalue weighted by atomic mass is 10.2. The molecule has 5 nitrogen and oxygen atoms in total. The molecule has 0 saturated carbocycles. The molecule has 1 saturated heterocycles. The van der Waals surface area contributed by atoms with Crippen molar-refractivity contribution in [1.82, 2.24) is 14.6 Å². The van der Waals surface area contributed by atoms with Gasteiger partial charge >= 0.3 is 0 Å². The van der Waals surface area contributed by atoms with Gasteiger partial charge in [0.05, 0.1) is 6.04 Å². The van der Waals surface area contributed by atoms with E-state index in [1.165, 1.54) is 4.88 Å². The van der Waals surface area contributed by atoms with Crippen LogP contribution in [0.5, 0.6) is 0 Å². The normalized spacial score (nSPS) is 17.3. The second-order valence-corrected chi connectivity index (χ2v) is 7.98. The van der Waals surface area contributed by atoms with E-state index in [0.717, 1.165) is 47.9 Å². The molecule has 140 valence electrons. The van der Waals surface area contributed by atoms with E-state index in [-0.39, 0.29) is 11.9 Å². The number of aryl methyl sites for hydroxylation is 2. The lowest BCUT2D eigenvalue weighted by Crippen LogP contribution is -2.28. The lowest BCUT2D eigenvalue weighted by molar-refractivity contribution is -0.126. The van der Waals surface area contributed by atoms with Gasteiger partial charge in [-0.1, -0.05) is 11.2 Å². The zero-order valence-corrected chi connectivity index (χ0v) is 16.6. The molecule has 0 aromatic carbocycles. The molecule has 1 atom stereocenters. The van der Waals surface area contributed by atoms with Gasteiger partial charge in [0.2, 0.25) is 5.91 Å². The molecule has 1 aliphatic heterocycles. The number of hydrogen-bond donors (Lipinski definition) is 0. The van der Waals surface area contributed by atoms with Crippen molar-refractivity contribution in [2.45, 2.75) is 39.7 Å². The first-order chi connectivity index (χ1) is 13.0. The van der Waals surface area contributed by atoms with E-state index >= 15 is 0 Å². The van der Waals surface area contributed by atoms with Gasteiger partial charge in [-0.2, -0.15) is 0 Å². The molecular formula is C21H23N3O2S. The van der Waals surface area contributed by atoms with Crippen molar-refractivity contribution in [3.8, 4) is 5.82 Å². The summed E-state index contributed by atoms with van der Waals surface area (Å²) in [6, 6.07) is 8.38. The van der Waals surface area contributed by atoms with Crippen LogP contribution in [-0.2, 0) is 4.79 Å². The predicted molar refractivity (Wildman–Crippen MR) is 107 cm³/mol. The van der Waals surface area contributed by atoms with E-state index in [1.54, 1.807) is 17.4 Å². The van der Waals surface area contributed by atoms with Crippen LogP contribution in [-0.4, -0.2) is 27.1 Å². The van der Waals surface area contributed by atoms with Crippen molar-refractivity contribution < 1.29 is 9.32 Å². The Bertz CT molecular complexity index is 981. The molecule has 27 heavy (non-hydrogen) atoms. The molecule has 1 fully saturated rings. The highest BCUT2D eigenvalue weighted by molar-refractivity contribution is 7.10. The fourth-order valence-corrected chi connectivity index (χ4v) is 4.71. The number of amides is 1. The van der Waals surface area contributed by atoms with Gasteiger partial charge in [0.15, 0.2) is 5.82 Å². The summed E-state index contributed by atoms with van der Waals surface area (Å²) in [6.07, 6.45) is 5.71. The molecule has 0 aliphatic carbocycles. The number of carbonyl (C=O) groups is 1. The first-order valence-electron chi connectivity index (χ1n) is 9.19. The van der Waals surface area contributed by atoms with Gasteiger partial charge in [-0.05, 0) is 62.8 Å². The van der Waals surface area contributed by atoms with Gasteiger partial charge in [-0.25, -0.2) is 0 Å². The minimum atomic E-state index is 0.0768. The number of likely N-dealkylation sites (tertiary alicyclic amines) is 1. The third-order valence-electron chi connectivity index (χ3n) is 5.13. The zero-order valence-electron chi connectivity index (χ0n) is 15.8. The average Bonchev–Trinajstić information content (AvgIpc) is 3.40. The summed E-state index contributed by atoms with van der Waals surface area (Å²) in [7, 11) is 0. The Balaban J connectivity index is 1.55. The van der Waals surface area contributed by atoms with E-state index in [1.807, 2.05) is 42.4 Å². The fourth-order valence-electron chi connectivity index (χ4n) is 3.83. The van der Waals surface area contributed by atoms with Crippen molar-refractivity contribution >= 4 is 23.3 Å². The highest BCUT2D eigenvalue weighted by Gasteiger charge is 2.29. The van der Waals surface area contributed by atoms with E-state index < -0.39 is 0 Å². The predicted octanol–water partition coefficient (Wildman–Crippen LogP) is 4.83. The Morgan fingerprint density at radius 1 is 1.33 bits per heavy atom. The molecular weight excluding hydrogens is 358 g/mol. The van der Waals surface area contributed by atoms with Gasteiger partial charge in [-0.15, -0.1) is 11.3 Å². The van der Waals surface area contributed by atoms with Crippen LogP contribution in [0.25, 0.3) is 11.9 Å². The smallest absolute Gasteiger partial charge is 0.247 e. The average molecular weight is 382 g/mol. The third-order valence-corrected chi connectivity index (χ3v) is 6.10. The Kier molecular flexibility index (Phi) is 4.74. The topological polar surface area (TPSA) is 51.3 Å². The number of rotatable bonds is 4. The minimum Gasteiger partial charge on any atom is -0.360 e. The molecule has 6 heteroatoms. The molecule has 1 amide bonds. The maximum absolute atomic E-state index is 12.8. The lowest BCUT2D eigenvalue weighted by Gasteiger charge is -2.22. The van der Waals surface area contributed by atoms with Gasteiger partial charge in [0, 0.05) is 35.0 Å². The molecule has 0 bridgehead atoms. The number of hydrogen-bond acceptors (Lipinski definition) is 4.